The van der Waals surface area contributed by atoms with Crippen LogP contribution in [0, 0.1) is 10.1 Å². The second-order valence-corrected chi connectivity index (χ2v) is 6.60. The largest absolute Gasteiger partial charge is 0.311 e. The molecule has 0 unspecified atom stereocenters. The Labute approximate surface area is 142 Å². The molecule has 1 aromatic carbocycles. The van der Waals surface area contributed by atoms with Gasteiger partial charge in [-0.05, 0) is 42.3 Å². The minimum atomic E-state index is -0.424. The quantitative estimate of drug-likeness (QED) is 0.461. The first-order chi connectivity index (χ1) is 11.5. The minimum absolute atomic E-state index is 0.0496. The number of carbonyl (C=O) groups is 1. The molecule has 9 nitrogen and oxygen atoms in total. The second-order valence-electron chi connectivity index (χ2n) is 5.65. The van der Waals surface area contributed by atoms with Gasteiger partial charge in [-0.3, -0.25) is 14.9 Å². The molecule has 0 radical (unpaired) electrons. The lowest BCUT2D eigenvalue weighted by Gasteiger charge is -2.17. The molecule has 0 bridgehead atoms. The summed E-state index contributed by atoms with van der Waals surface area (Å²) in [5.41, 5.74) is 1.62. The highest BCUT2D eigenvalue weighted by Gasteiger charge is 2.26. The highest BCUT2D eigenvalue weighted by molar-refractivity contribution is 7.99. The first-order valence-electron chi connectivity index (χ1n) is 7.45. The first-order valence-corrected chi connectivity index (χ1v) is 8.44. The molecule has 1 aliphatic heterocycles. The summed E-state index contributed by atoms with van der Waals surface area (Å²) in [7, 11) is 0. The van der Waals surface area contributed by atoms with E-state index in [0.29, 0.717) is 18.1 Å². The lowest BCUT2D eigenvalue weighted by Crippen LogP contribution is -2.30. The average Bonchev–Trinajstić information content (AvgIpc) is 3.18. The lowest BCUT2D eigenvalue weighted by atomic mass is 10.1. The van der Waals surface area contributed by atoms with E-state index in [0.717, 1.165) is 11.3 Å². The Morgan fingerprint density at radius 2 is 2.25 bits per heavy atom. The van der Waals surface area contributed by atoms with Crippen LogP contribution in [0.3, 0.4) is 0 Å². The molecule has 0 atom stereocenters. The lowest BCUT2D eigenvalue weighted by molar-refractivity contribution is -0.384. The van der Waals surface area contributed by atoms with Gasteiger partial charge in [0, 0.05) is 24.4 Å². The van der Waals surface area contributed by atoms with Gasteiger partial charge in [0.05, 0.1) is 16.7 Å². The fourth-order valence-corrected chi connectivity index (χ4v) is 3.45. The summed E-state index contributed by atoms with van der Waals surface area (Å²) in [6, 6.07) is 4.72. The van der Waals surface area contributed by atoms with E-state index in [-0.39, 0.29) is 23.4 Å². The number of thioether (sulfide) groups is 1. The van der Waals surface area contributed by atoms with Crippen molar-refractivity contribution >= 4 is 29.0 Å². The van der Waals surface area contributed by atoms with E-state index in [1.54, 1.807) is 15.6 Å². The van der Waals surface area contributed by atoms with Gasteiger partial charge in [-0.2, -0.15) is 0 Å². The molecule has 1 aromatic heterocycles. The molecule has 2 heterocycles. The first kappa shape index (κ1) is 16.4. The SMILES string of the molecule is CC(C)n1nnnc1SCC(=O)N1CCc2cc([N+](=O)[O-])ccc21. The summed E-state index contributed by atoms with van der Waals surface area (Å²) < 4.78 is 1.67. The summed E-state index contributed by atoms with van der Waals surface area (Å²) >= 11 is 1.29. The summed E-state index contributed by atoms with van der Waals surface area (Å²) in [5.74, 6) is 0.148. The van der Waals surface area contributed by atoms with E-state index in [9.17, 15) is 14.9 Å². The van der Waals surface area contributed by atoms with Crippen molar-refractivity contribution in [2.24, 2.45) is 0 Å². The third-order valence-electron chi connectivity index (χ3n) is 3.75. The molecule has 0 aliphatic carbocycles. The third kappa shape index (κ3) is 3.09. The number of anilines is 1. The summed E-state index contributed by atoms with van der Waals surface area (Å²) in [4.78, 5) is 24.6. The fraction of sp³-hybridized carbons (Fsp3) is 0.429. The van der Waals surface area contributed by atoms with Gasteiger partial charge in [-0.1, -0.05) is 11.8 Å². The standard InChI is InChI=1S/C14H16N6O3S/c1-9(2)19-14(15-16-17-19)24-8-13(21)18-6-5-10-7-11(20(22)23)3-4-12(10)18/h3-4,7,9H,5-6,8H2,1-2H3. The number of fused-ring (bicyclic) bond motifs is 1. The molecule has 10 heteroatoms. The zero-order chi connectivity index (χ0) is 17.3. The molecule has 24 heavy (non-hydrogen) atoms. The predicted molar refractivity (Wildman–Crippen MR) is 88.1 cm³/mol. The number of non-ortho nitro benzene ring substituents is 1. The number of nitro benzene ring substituents is 1. The Hall–Kier alpha value is -2.49. The number of hydrogen-bond donors (Lipinski definition) is 0. The topological polar surface area (TPSA) is 107 Å². The van der Waals surface area contributed by atoms with E-state index in [1.807, 2.05) is 13.8 Å². The molecule has 1 amide bonds. The number of hydrogen-bond acceptors (Lipinski definition) is 7. The van der Waals surface area contributed by atoms with Crippen molar-refractivity contribution in [3.8, 4) is 0 Å². The van der Waals surface area contributed by atoms with Crippen LogP contribution in [0.25, 0.3) is 0 Å². The highest BCUT2D eigenvalue weighted by Crippen LogP contribution is 2.32. The summed E-state index contributed by atoms with van der Waals surface area (Å²) in [6.07, 6.45) is 0.622. The van der Waals surface area contributed by atoms with Crippen molar-refractivity contribution < 1.29 is 9.72 Å². The Bertz CT molecular complexity index is 791. The van der Waals surface area contributed by atoms with Crippen LogP contribution < -0.4 is 4.90 Å². The number of amides is 1. The monoisotopic (exact) mass is 348 g/mol. The van der Waals surface area contributed by atoms with Crippen molar-refractivity contribution in [3.05, 3.63) is 33.9 Å². The molecule has 0 N–H and O–H groups in total. The van der Waals surface area contributed by atoms with Crippen molar-refractivity contribution in [1.82, 2.24) is 20.2 Å². The molecular formula is C14H16N6O3S. The zero-order valence-corrected chi connectivity index (χ0v) is 14.1. The number of nitro groups is 1. The van der Waals surface area contributed by atoms with Crippen LogP contribution in [0.2, 0.25) is 0 Å². The van der Waals surface area contributed by atoms with Crippen LogP contribution in [0.4, 0.5) is 11.4 Å². The van der Waals surface area contributed by atoms with Gasteiger partial charge in [-0.25, -0.2) is 4.68 Å². The maximum absolute atomic E-state index is 12.5. The van der Waals surface area contributed by atoms with Gasteiger partial charge in [-0.15, -0.1) is 5.10 Å². The molecule has 126 valence electrons. The Kier molecular flexibility index (Phi) is 4.47. The maximum Gasteiger partial charge on any atom is 0.269 e. The van der Waals surface area contributed by atoms with Crippen LogP contribution in [0.15, 0.2) is 23.4 Å². The molecular weight excluding hydrogens is 332 g/mol. The second kappa shape index (κ2) is 6.56. The third-order valence-corrected chi connectivity index (χ3v) is 4.67. The van der Waals surface area contributed by atoms with E-state index < -0.39 is 4.92 Å². The van der Waals surface area contributed by atoms with E-state index in [1.165, 1.54) is 23.9 Å². The molecule has 0 fully saturated rings. The average molecular weight is 348 g/mol. The molecule has 1 aliphatic rings. The van der Waals surface area contributed by atoms with Crippen molar-refractivity contribution in [2.45, 2.75) is 31.5 Å². The number of rotatable bonds is 5. The number of aromatic nitrogens is 4. The Balaban J connectivity index is 1.69. The minimum Gasteiger partial charge on any atom is -0.311 e. The highest BCUT2D eigenvalue weighted by atomic mass is 32.2. The van der Waals surface area contributed by atoms with Gasteiger partial charge < -0.3 is 4.90 Å². The van der Waals surface area contributed by atoms with Gasteiger partial charge in [0.2, 0.25) is 11.1 Å². The van der Waals surface area contributed by atoms with Gasteiger partial charge in [0.1, 0.15) is 0 Å². The number of tetrazole rings is 1. The molecule has 0 saturated heterocycles. The van der Waals surface area contributed by atoms with Crippen LogP contribution >= 0.6 is 11.8 Å². The van der Waals surface area contributed by atoms with E-state index in [4.69, 9.17) is 0 Å². The van der Waals surface area contributed by atoms with Gasteiger partial charge in [0.25, 0.3) is 5.69 Å². The Morgan fingerprint density at radius 1 is 1.46 bits per heavy atom. The maximum atomic E-state index is 12.5. The number of carbonyl (C=O) groups excluding carboxylic acids is 1. The summed E-state index contributed by atoms with van der Waals surface area (Å²) in [5, 5.41) is 22.9. The number of nitrogens with zero attached hydrogens (tertiary/aromatic N) is 6. The fourth-order valence-electron chi connectivity index (χ4n) is 2.57. The zero-order valence-electron chi connectivity index (χ0n) is 13.2. The molecule has 3 rings (SSSR count). The van der Waals surface area contributed by atoms with Crippen molar-refractivity contribution in [1.29, 1.82) is 0 Å². The Morgan fingerprint density at radius 3 is 2.96 bits per heavy atom. The molecule has 0 spiro atoms. The number of benzene rings is 1. The van der Waals surface area contributed by atoms with Crippen LogP contribution in [0.1, 0.15) is 25.5 Å². The van der Waals surface area contributed by atoms with Crippen LogP contribution in [0.5, 0.6) is 0 Å². The van der Waals surface area contributed by atoms with Crippen LogP contribution in [-0.2, 0) is 11.2 Å². The van der Waals surface area contributed by atoms with Gasteiger partial charge in [0.15, 0.2) is 0 Å². The molecule has 0 saturated carbocycles. The van der Waals surface area contributed by atoms with E-state index >= 15 is 0 Å². The van der Waals surface area contributed by atoms with Crippen molar-refractivity contribution in [3.63, 3.8) is 0 Å². The summed E-state index contributed by atoms with van der Waals surface area (Å²) in [6.45, 7) is 4.46. The smallest absolute Gasteiger partial charge is 0.269 e. The van der Waals surface area contributed by atoms with Gasteiger partial charge >= 0.3 is 0 Å². The van der Waals surface area contributed by atoms with Crippen LogP contribution in [-0.4, -0.2) is 43.3 Å². The normalized spacial score (nSPS) is 13.4. The van der Waals surface area contributed by atoms with E-state index in [2.05, 4.69) is 15.5 Å². The molecule has 2 aromatic rings. The predicted octanol–water partition coefficient (Wildman–Crippen LogP) is 1.84. The van der Waals surface area contributed by atoms with Crippen molar-refractivity contribution in [2.75, 3.05) is 17.2 Å².